The molecule has 8 heteroatoms. The minimum absolute atomic E-state index is 0.163. The van der Waals surface area contributed by atoms with Crippen molar-refractivity contribution in [1.82, 2.24) is 10.3 Å². The molecule has 1 aromatic heterocycles. The number of aromatic amines is 1. The van der Waals surface area contributed by atoms with Crippen LogP contribution >= 0.6 is 0 Å². The van der Waals surface area contributed by atoms with E-state index < -0.39 is 6.29 Å². The Kier molecular flexibility index (Phi) is 5.44. The van der Waals surface area contributed by atoms with E-state index in [-0.39, 0.29) is 17.2 Å². The first-order valence-corrected chi connectivity index (χ1v) is 9.75. The number of hydrogen-bond acceptors (Lipinski definition) is 6. The number of aromatic nitrogens is 1. The van der Waals surface area contributed by atoms with Gasteiger partial charge in [-0.1, -0.05) is 0 Å². The zero-order valence-electron chi connectivity index (χ0n) is 16.0. The second kappa shape index (κ2) is 8.32. The first-order valence-electron chi connectivity index (χ1n) is 9.75. The highest BCUT2D eigenvalue weighted by Gasteiger charge is 2.14. The number of allylic oxidation sites excluding steroid dienone is 1. The largest absolute Gasteiger partial charge is 0.372 e. The van der Waals surface area contributed by atoms with Crippen molar-refractivity contribution in [3.05, 3.63) is 70.3 Å². The molecule has 0 aliphatic carbocycles. The molecule has 29 heavy (non-hydrogen) atoms. The maximum Gasteiger partial charge on any atom is 0.271 e. The van der Waals surface area contributed by atoms with Crippen LogP contribution in [0, 0.1) is 0 Å². The Balaban J connectivity index is 1.50. The van der Waals surface area contributed by atoms with Gasteiger partial charge in [-0.15, -0.1) is 0 Å². The first kappa shape index (κ1) is 18.9. The van der Waals surface area contributed by atoms with Crippen LogP contribution in [0.5, 0.6) is 0 Å². The van der Waals surface area contributed by atoms with Gasteiger partial charge in [0, 0.05) is 42.3 Å². The second-order valence-electron chi connectivity index (χ2n) is 7.14. The van der Waals surface area contributed by atoms with Crippen LogP contribution in [0.2, 0.25) is 0 Å². The van der Waals surface area contributed by atoms with E-state index in [2.05, 4.69) is 25.5 Å². The summed E-state index contributed by atoms with van der Waals surface area (Å²) in [6.07, 6.45) is 8.12. The van der Waals surface area contributed by atoms with E-state index in [1.54, 1.807) is 36.7 Å². The van der Waals surface area contributed by atoms with Crippen molar-refractivity contribution in [3.8, 4) is 0 Å². The molecular formula is C21H24N6O2. The Morgan fingerprint density at radius 2 is 1.93 bits per heavy atom. The van der Waals surface area contributed by atoms with E-state index in [9.17, 15) is 9.59 Å². The molecule has 2 aliphatic heterocycles. The molecule has 2 aromatic rings. The molecule has 4 rings (SSSR count). The number of H-pyrrole nitrogens is 1. The fourth-order valence-corrected chi connectivity index (χ4v) is 3.52. The number of pyridine rings is 1. The molecule has 5 N–H and O–H groups in total. The topological polar surface area (TPSA) is 116 Å². The highest BCUT2D eigenvalue weighted by Crippen LogP contribution is 2.20. The summed E-state index contributed by atoms with van der Waals surface area (Å²) in [6, 6.07) is 9.08. The normalized spacial score (nSPS) is 18.7. The summed E-state index contributed by atoms with van der Waals surface area (Å²) in [4.78, 5) is 34.1. The van der Waals surface area contributed by atoms with E-state index in [4.69, 9.17) is 5.73 Å². The number of rotatable bonds is 4. The Bertz CT molecular complexity index is 1000. The molecule has 1 atom stereocenters. The average molecular weight is 392 g/mol. The van der Waals surface area contributed by atoms with Crippen LogP contribution in [-0.2, 0) is 0 Å². The molecule has 0 saturated carbocycles. The quantitative estimate of drug-likeness (QED) is 0.633. The lowest BCUT2D eigenvalue weighted by atomic mass is 10.1. The number of hydrogen-bond donors (Lipinski definition) is 4. The number of nitrogens with zero attached hydrogens (tertiary/aromatic N) is 2. The monoisotopic (exact) mass is 392 g/mol. The lowest BCUT2D eigenvalue weighted by Gasteiger charge is -2.28. The van der Waals surface area contributed by atoms with E-state index in [0.717, 1.165) is 18.8 Å². The molecule has 0 spiro atoms. The fraction of sp³-hybridized carbons (Fsp3) is 0.286. The Hall–Kier alpha value is -3.39. The highest BCUT2D eigenvalue weighted by molar-refractivity contribution is 6.10. The van der Waals surface area contributed by atoms with Crippen molar-refractivity contribution in [2.45, 2.75) is 25.6 Å². The van der Waals surface area contributed by atoms with Gasteiger partial charge in [-0.05, 0) is 55.7 Å². The summed E-state index contributed by atoms with van der Waals surface area (Å²) in [5.74, 6) is -0.336. The molecule has 0 bridgehead atoms. The van der Waals surface area contributed by atoms with Gasteiger partial charge in [0.1, 0.15) is 5.69 Å². The first-order chi connectivity index (χ1) is 14.1. The number of aliphatic imine (C=N–C) groups is 1. The predicted octanol–water partition coefficient (Wildman–Crippen LogP) is 1.77. The van der Waals surface area contributed by atoms with E-state index >= 15 is 0 Å². The van der Waals surface area contributed by atoms with E-state index in [1.165, 1.54) is 19.3 Å². The number of nitrogens with one attached hydrogen (secondary N) is 3. The van der Waals surface area contributed by atoms with Gasteiger partial charge in [-0.2, -0.15) is 0 Å². The van der Waals surface area contributed by atoms with Crippen LogP contribution in [0.4, 0.5) is 11.4 Å². The van der Waals surface area contributed by atoms with E-state index in [0.29, 0.717) is 16.8 Å². The zero-order chi connectivity index (χ0) is 20.2. The van der Waals surface area contributed by atoms with Crippen LogP contribution in [0.1, 0.15) is 35.2 Å². The van der Waals surface area contributed by atoms with Gasteiger partial charge >= 0.3 is 0 Å². The molecule has 1 aromatic carbocycles. The average Bonchev–Trinajstić information content (AvgIpc) is 2.76. The number of nitrogens with two attached hydrogens (primary N) is 1. The number of carbonyl (C=O) groups is 1. The van der Waals surface area contributed by atoms with Gasteiger partial charge in [-0.25, -0.2) is 4.99 Å². The third kappa shape index (κ3) is 4.38. The molecule has 1 saturated heterocycles. The SMILES string of the molecule is NC1N=C(c2c[nH]c(=O)c(NC(=O)c3ccc(N4CCCCC4)cc3)c2)C=CN1. The van der Waals surface area contributed by atoms with Gasteiger partial charge in [0.25, 0.3) is 11.5 Å². The van der Waals surface area contributed by atoms with Crippen molar-refractivity contribution < 1.29 is 4.79 Å². The molecule has 1 amide bonds. The standard InChI is InChI=1S/C21H24N6O2/c22-21-23-9-8-17(26-21)15-12-18(20(29)24-13-15)25-19(28)14-4-6-16(7-5-14)27-10-2-1-3-11-27/h4-9,12-13,21,23H,1-3,10-11,22H2,(H,24,29)(H,25,28). The van der Waals surface area contributed by atoms with Crippen molar-refractivity contribution in [1.29, 1.82) is 0 Å². The van der Waals surface area contributed by atoms with Gasteiger partial charge in [0.2, 0.25) is 0 Å². The number of anilines is 2. The summed E-state index contributed by atoms with van der Waals surface area (Å²) in [7, 11) is 0. The molecule has 3 heterocycles. The number of amides is 1. The molecular weight excluding hydrogens is 368 g/mol. The lowest BCUT2D eigenvalue weighted by Crippen LogP contribution is -2.35. The third-order valence-electron chi connectivity index (χ3n) is 5.08. The van der Waals surface area contributed by atoms with Crippen molar-refractivity contribution in [2.24, 2.45) is 10.7 Å². The van der Waals surface area contributed by atoms with Crippen LogP contribution in [0.15, 0.2) is 58.6 Å². The molecule has 2 aliphatic rings. The lowest BCUT2D eigenvalue weighted by molar-refractivity contribution is 0.102. The summed E-state index contributed by atoms with van der Waals surface area (Å²) in [5.41, 5.74) is 8.44. The maximum atomic E-state index is 12.6. The summed E-state index contributed by atoms with van der Waals surface area (Å²) >= 11 is 0. The van der Waals surface area contributed by atoms with Crippen LogP contribution < -0.4 is 26.8 Å². The number of piperidine rings is 1. The Morgan fingerprint density at radius 3 is 2.66 bits per heavy atom. The number of benzene rings is 1. The van der Waals surface area contributed by atoms with Gasteiger partial charge in [-0.3, -0.25) is 15.3 Å². The van der Waals surface area contributed by atoms with Gasteiger partial charge in [0.05, 0.1) is 5.71 Å². The second-order valence-corrected chi connectivity index (χ2v) is 7.14. The van der Waals surface area contributed by atoms with Crippen molar-refractivity contribution in [2.75, 3.05) is 23.3 Å². The summed E-state index contributed by atoms with van der Waals surface area (Å²) < 4.78 is 0. The van der Waals surface area contributed by atoms with Crippen LogP contribution in [-0.4, -0.2) is 36.0 Å². The molecule has 1 unspecified atom stereocenters. The number of carbonyl (C=O) groups excluding carboxylic acids is 1. The predicted molar refractivity (Wildman–Crippen MR) is 114 cm³/mol. The molecule has 8 nitrogen and oxygen atoms in total. The molecule has 0 radical (unpaired) electrons. The Labute approximate surface area is 168 Å². The fourth-order valence-electron chi connectivity index (χ4n) is 3.52. The van der Waals surface area contributed by atoms with E-state index in [1.807, 2.05) is 12.1 Å². The van der Waals surface area contributed by atoms with Gasteiger partial charge < -0.3 is 20.5 Å². The minimum atomic E-state index is -0.543. The van der Waals surface area contributed by atoms with Crippen molar-refractivity contribution in [3.63, 3.8) is 0 Å². The smallest absolute Gasteiger partial charge is 0.271 e. The van der Waals surface area contributed by atoms with Crippen molar-refractivity contribution >= 4 is 23.0 Å². The molecule has 150 valence electrons. The van der Waals surface area contributed by atoms with Crippen LogP contribution in [0.3, 0.4) is 0 Å². The summed E-state index contributed by atoms with van der Waals surface area (Å²) in [5, 5.41) is 5.55. The van der Waals surface area contributed by atoms with Crippen LogP contribution in [0.25, 0.3) is 0 Å². The third-order valence-corrected chi connectivity index (χ3v) is 5.08. The summed E-state index contributed by atoms with van der Waals surface area (Å²) in [6.45, 7) is 2.09. The highest BCUT2D eigenvalue weighted by atomic mass is 16.2. The maximum absolute atomic E-state index is 12.6. The van der Waals surface area contributed by atoms with Gasteiger partial charge in [0.15, 0.2) is 6.29 Å². The minimum Gasteiger partial charge on any atom is -0.372 e. The molecule has 1 fully saturated rings. The Morgan fingerprint density at radius 1 is 1.17 bits per heavy atom. The zero-order valence-corrected chi connectivity index (χ0v) is 16.0.